The van der Waals surface area contributed by atoms with Crippen LogP contribution in [-0.2, 0) is 0 Å². The highest BCUT2D eigenvalue weighted by Crippen LogP contribution is 2.30. The fraction of sp³-hybridized carbons (Fsp3) is 0.400. The molecule has 1 saturated carbocycles. The zero-order valence-corrected chi connectivity index (χ0v) is 7.75. The third-order valence-electron chi connectivity index (χ3n) is 1.87. The van der Waals surface area contributed by atoms with Crippen LogP contribution < -0.4 is 9.47 Å². The number of hydrogen-bond donors (Lipinski definition) is 0. The summed E-state index contributed by atoms with van der Waals surface area (Å²) in [6, 6.07) is 5.57. The van der Waals surface area contributed by atoms with Gasteiger partial charge in [-0.3, -0.25) is 0 Å². The van der Waals surface area contributed by atoms with E-state index in [1.54, 1.807) is 6.07 Å². The van der Waals surface area contributed by atoms with Crippen LogP contribution in [0.4, 0.5) is 13.2 Å². The van der Waals surface area contributed by atoms with Gasteiger partial charge >= 0.3 is 6.36 Å². The van der Waals surface area contributed by atoms with Gasteiger partial charge in [0.2, 0.25) is 0 Å². The lowest BCUT2D eigenvalue weighted by Crippen LogP contribution is -2.17. The van der Waals surface area contributed by atoms with Crippen molar-refractivity contribution in [1.29, 1.82) is 0 Å². The molecule has 0 heterocycles. The van der Waals surface area contributed by atoms with E-state index in [0.717, 1.165) is 12.8 Å². The molecule has 15 heavy (non-hydrogen) atoms. The van der Waals surface area contributed by atoms with Gasteiger partial charge in [0.1, 0.15) is 11.5 Å². The number of hydrogen-bond acceptors (Lipinski definition) is 2. The fourth-order valence-corrected chi connectivity index (χ4v) is 1.12. The smallest absolute Gasteiger partial charge is 0.490 e. The summed E-state index contributed by atoms with van der Waals surface area (Å²) in [6.07, 6.45) is -2.57. The van der Waals surface area contributed by atoms with E-state index < -0.39 is 6.36 Å². The summed E-state index contributed by atoms with van der Waals surface area (Å²) in [6.45, 7) is 0. The van der Waals surface area contributed by atoms with Crippen LogP contribution >= 0.6 is 0 Å². The Hall–Kier alpha value is -1.39. The molecule has 1 aromatic rings. The van der Waals surface area contributed by atoms with E-state index in [4.69, 9.17) is 4.74 Å². The highest BCUT2D eigenvalue weighted by atomic mass is 19.4. The van der Waals surface area contributed by atoms with Gasteiger partial charge in [-0.25, -0.2) is 0 Å². The maximum absolute atomic E-state index is 11.9. The van der Waals surface area contributed by atoms with Crippen molar-refractivity contribution in [2.75, 3.05) is 0 Å². The van der Waals surface area contributed by atoms with Gasteiger partial charge in [-0.15, -0.1) is 13.2 Å². The number of halogens is 3. The highest BCUT2D eigenvalue weighted by molar-refractivity contribution is 5.33. The maximum Gasteiger partial charge on any atom is 0.573 e. The summed E-state index contributed by atoms with van der Waals surface area (Å²) < 4.78 is 44.8. The summed E-state index contributed by atoms with van der Waals surface area (Å²) >= 11 is 0. The Morgan fingerprint density at radius 1 is 1.13 bits per heavy atom. The average molecular weight is 218 g/mol. The summed E-state index contributed by atoms with van der Waals surface area (Å²) in [7, 11) is 0. The lowest BCUT2D eigenvalue weighted by molar-refractivity contribution is -0.274. The zero-order chi connectivity index (χ0) is 10.9. The van der Waals surface area contributed by atoms with Crippen LogP contribution in [0, 0.1) is 0 Å². The molecule has 0 saturated heterocycles. The van der Waals surface area contributed by atoms with Gasteiger partial charge in [0, 0.05) is 6.07 Å². The second-order valence-electron chi connectivity index (χ2n) is 3.34. The molecular weight excluding hydrogens is 209 g/mol. The number of benzene rings is 1. The minimum Gasteiger partial charge on any atom is -0.490 e. The first-order valence-corrected chi connectivity index (χ1v) is 4.55. The van der Waals surface area contributed by atoms with Crippen molar-refractivity contribution >= 4 is 0 Å². The monoisotopic (exact) mass is 218 g/mol. The Balaban J connectivity index is 2.04. The Morgan fingerprint density at radius 2 is 1.80 bits per heavy atom. The summed E-state index contributed by atoms with van der Waals surface area (Å²) in [5, 5.41) is 0. The normalized spacial score (nSPS) is 16.2. The molecule has 0 amide bonds. The molecule has 0 aromatic heterocycles. The molecule has 1 aromatic carbocycles. The van der Waals surface area contributed by atoms with E-state index in [1.165, 1.54) is 18.2 Å². The van der Waals surface area contributed by atoms with Crippen molar-refractivity contribution in [3.05, 3.63) is 24.3 Å². The molecule has 0 spiro atoms. The average Bonchev–Trinajstić information content (AvgIpc) is 2.85. The first-order valence-electron chi connectivity index (χ1n) is 4.55. The summed E-state index contributed by atoms with van der Waals surface area (Å²) in [4.78, 5) is 0. The van der Waals surface area contributed by atoms with Gasteiger partial charge < -0.3 is 9.47 Å². The summed E-state index contributed by atoms with van der Waals surface area (Å²) in [5.41, 5.74) is 0. The second kappa shape index (κ2) is 3.64. The van der Waals surface area contributed by atoms with Gasteiger partial charge in [-0.05, 0) is 25.0 Å². The molecule has 1 fully saturated rings. The predicted molar refractivity (Wildman–Crippen MR) is 46.8 cm³/mol. The Morgan fingerprint density at radius 3 is 2.40 bits per heavy atom. The van der Waals surface area contributed by atoms with E-state index in [0.29, 0.717) is 5.75 Å². The number of ether oxygens (including phenoxy) is 2. The lowest BCUT2D eigenvalue weighted by atomic mass is 10.3. The maximum atomic E-state index is 11.9. The van der Waals surface area contributed by atoms with Crippen molar-refractivity contribution < 1.29 is 22.6 Å². The quantitative estimate of drug-likeness (QED) is 0.775. The van der Waals surface area contributed by atoms with Crippen LogP contribution in [-0.4, -0.2) is 12.5 Å². The van der Waals surface area contributed by atoms with E-state index >= 15 is 0 Å². The van der Waals surface area contributed by atoms with Crippen LogP contribution in [0.1, 0.15) is 12.8 Å². The Bertz CT molecular complexity index is 345. The molecule has 5 heteroatoms. The fourth-order valence-electron chi connectivity index (χ4n) is 1.12. The van der Waals surface area contributed by atoms with Crippen LogP contribution in [0.3, 0.4) is 0 Å². The summed E-state index contributed by atoms with van der Waals surface area (Å²) in [5.74, 6) is 0.167. The minimum absolute atomic E-state index is 0.158. The van der Waals surface area contributed by atoms with Gasteiger partial charge in [0.05, 0.1) is 6.10 Å². The topological polar surface area (TPSA) is 18.5 Å². The standard InChI is InChI=1S/C10H9F3O2/c11-10(12,13)15-9-3-1-2-8(6-9)14-7-4-5-7/h1-3,6-7H,4-5H2. The third kappa shape index (κ3) is 3.34. The molecule has 1 aliphatic rings. The van der Waals surface area contributed by atoms with Crippen LogP contribution in [0.2, 0.25) is 0 Å². The van der Waals surface area contributed by atoms with Gasteiger partial charge in [-0.2, -0.15) is 0 Å². The van der Waals surface area contributed by atoms with Crippen molar-refractivity contribution in [2.45, 2.75) is 25.3 Å². The molecule has 0 N–H and O–H groups in total. The molecule has 82 valence electrons. The van der Waals surface area contributed by atoms with Crippen molar-refractivity contribution in [1.82, 2.24) is 0 Å². The molecule has 0 atom stereocenters. The molecule has 0 bridgehead atoms. The van der Waals surface area contributed by atoms with Crippen molar-refractivity contribution in [3.8, 4) is 11.5 Å². The van der Waals surface area contributed by atoms with Gasteiger partial charge in [-0.1, -0.05) is 6.07 Å². The largest absolute Gasteiger partial charge is 0.573 e. The molecule has 2 rings (SSSR count). The minimum atomic E-state index is -4.65. The SMILES string of the molecule is FC(F)(F)Oc1cccc(OC2CC2)c1. The van der Waals surface area contributed by atoms with Crippen LogP contribution in [0.15, 0.2) is 24.3 Å². The van der Waals surface area contributed by atoms with Crippen LogP contribution in [0.5, 0.6) is 11.5 Å². The Labute approximate surface area is 84.6 Å². The zero-order valence-electron chi connectivity index (χ0n) is 7.75. The lowest BCUT2D eigenvalue weighted by Gasteiger charge is -2.10. The van der Waals surface area contributed by atoms with E-state index in [2.05, 4.69) is 4.74 Å². The van der Waals surface area contributed by atoms with Crippen molar-refractivity contribution in [2.24, 2.45) is 0 Å². The molecule has 0 aliphatic heterocycles. The van der Waals surface area contributed by atoms with E-state index in [-0.39, 0.29) is 11.9 Å². The number of alkyl halides is 3. The molecular formula is C10H9F3O2. The number of rotatable bonds is 3. The highest BCUT2D eigenvalue weighted by Gasteiger charge is 2.31. The first kappa shape index (κ1) is 10.1. The van der Waals surface area contributed by atoms with E-state index in [1.807, 2.05) is 0 Å². The first-order chi connectivity index (χ1) is 7.03. The third-order valence-corrected chi connectivity index (χ3v) is 1.87. The van der Waals surface area contributed by atoms with Crippen LogP contribution in [0.25, 0.3) is 0 Å². The Kier molecular flexibility index (Phi) is 2.46. The predicted octanol–water partition coefficient (Wildman–Crippen LogP) is 3.13. The molecule has 0 radical (unpaired) electrons. The van der Waals surface area contributed by atoms with Gasteiger partial charge in [0.15, 0.2) is 0 Å². The van der Waals surface area contributed by atoms with Gasteiger partial charge in [0.25, 0.3) is 0 Å². The molecule has 0 unspecified atom stereocenters. The second-order valence-corrected chi connectivity index (χ2v) is 3.34. The van der Waals surface area contributed by atoms with Crippen molar-refractivity contribution in [3.63, 3.8) is 0 Å². The molecule has 2 nitrogen and oxygen atoms in total. The molecule has 1 aliphatic carbocycles. The van der Waals surface area contributed by atoms with E-state index in [9.17, 15) is 13.2 Å².